The van der Waals surface area contributed by atoms with Gasteiger partial charge in [-0.25, -0.2) is 4.79 Å². The zero-order valence-corrected chi connectivity index (χ0v) is 15.9. The van der Waals surface area contributed by atoms with E-state index in [1.54, 1.807) is 0 Å². The second-order valence-electron chi connectivity index (χ2n) is 7.32. The highest BCUT2D eigenvalue weighted by molar-refractivity contribution is 6.18. The Morgan fingerprint density at radius 1 is 0.897 bits per heavy atom. The predicted molar refractivity (Wildman–Crippen MR) is 114 cm³/mol. The number of fused-ring (bicyclic) bond motifs is 3. The van der Waals surface area contributed by atoms with Crippen molar-refractivity contribution in [1.29, 1.82) is 0 Å². The fourth-order valence-electron chi connectivity index (χ4n) is 4.16. The zero-order chi connectivity index (χ0) is 20.0. The van der Waals surface area contributed by atoms with Gasteiger partial charge in [-0.3, -0.25) is 4.79 Å². The van der Waals surface area contributed by atoms with Gasteiger partial charge in [0.2, 0.25) is 0 Å². The number of carbonyl (C=O) groups excluding carboxylic acids is 1. The summed E-state index contributed by atoms with van der Waals surface area (Å²) in [5.74, 6) is 0.00352. The van der Waals surface area contributed by atoms with Crippen molar-refractivity contribution in [2.75, 3.05) is 0 Å². The van der Waals surface area contributed by atoms with Gasteiger partial charge in [-0.2, -0.15) is 0 Å². The summed E-state index contributed by atoms with van der Waals surface area (Å²) in [6.07, 6.45) is 0.515. The second kappa shape index (κ2) is 6.71. The molecule has 0 bridgehead atoms. The van der Waals surface area contributed by atoms with Crippen molar-refractivity contribution >= 4 is 22.3 Å². The summed E-state index contributed by atoms with van der Waals surface area (Å²) in [6.45, 7) is 1.91. The molecule has 1 heterocycles. The molecule has 0 amide bonds. The molecule has 0 saturated heterocycles. The van der Waals surface area contributed by atoms with Gasteiger partial charge >= 0.3 is 5.63 Å². The van der Waals surface area contributed by atoms with Crippen molar-refractivity contribution in [1.82, 2.24) is 0 Å². The number of rotatable bonds is 3. The van der Waals surface area contributed by atoms with E-state index in [1.165, 1.54) is 6.07 Å². The molecule has 4 aromatic rings. The Kier molecular flexibility index (Phi) is 4.02. The summed E-state index contributed by atoms with van der Waals surface area (Å²) in [4.78, 5) is 25.6. The van der Waals surface area contributed by atoms with Crippen LogP contribution in [0.25, 0.3) is 16.5 Å². The lowest BCUT2D eigenvalue weighted by Gasteiger charge is -2.11. The first kappa shape index (κ1) is 17.4. The Balaban J connectivity index is 1.84. The number of allylic oxidation sites excluding steroid dienone is 1. The second-order valence-corrected chi connectivity index (χ2v) is 7.32. The molecule has 3 nitrogen and oxygen atoms in total. The number of hydrogen-bond donors (Lipinski definition) is 0. The molecule has 0 unspecified atom stereocenters. The van der Waals surface area contributed by atoms with Gasteiger partial charge in [0.05, 0.1) is 0 Å². The van der Waals surface area contributed by atoms with Gasteiger partial charge < -0.3 is 4.42 Å². The quantitative estimate of drug-likeness (QED) is 0.357. The summed E-state index contributed by atoms with van der Waals surface area (Å²) in [7, 11) is 0. The Morgan fingerprint density at radius 2 is 1.59 bits per heavy atom. The molecule has 1 aliphatic rings. The molecule has 0 saturated carbocycles. The highest BCUT2D eigenvalue weighted by Gasteiger charge is 2.30. The van der Waals surface area contributed by atoms with Crippen LogP contribution in [-0.4, -0.2) is 5.78 Å². The molecule has 1 aliphatic carbocycles. The van der Waals surface area contributed by atoms with Crippen LogP contribution in [0.1, 0.15) is 32.6 Å². The number of carbonyl (C=O) groups is 1. The molecular weight excluding hydrogens is 360 g/mol. The molecule has 0 fully saturated rings. The highest BCUT2D eigenvalue weighted by Crippen LogP contribution is 2.42. The normalized spacial score (nSPS) is 13.0. The summed E-state index contributed by atoms with van der Waals surface area (Å²) in [6, 6.07) is 24.7. The maximum Gasteiger partial charge on any atom is 0.336 e. The molecule has 0 radical (unpaired) electrons. The van der Waals surface area contributed by atoms with Gasteiger partial charge in [0.25, 0.3) is 0 Å². The number of Topliss-reactive ketones (excluding diaryl/α,β-unsaturated/α-hetero) is 1. The van der Waals surface area contributed by atoms with Crippen LogP contribution in [0.2, 0.25) is 0 Å². The van der Waals surface area contributed by atoms with Crippen LogP contribution in [0.3, 0.4) is 0 Å². The minimum absolute atomic E-state index is 0.00352. The third-order valence-electron chi connectivity index (χ3n) is 5.50. The van der Waals surface area contributed by atoms with Crippen LogP contribution in [0, 0.1) is 6.92 Å². The number of benzene rings is 3. The van der Waals surface area contributed by atoms with Crippen LogP contribution >= 0.6 is 0 Å². The van der Waals surface area contributed by atoms with Crippen molar-refractivity contribution < 1.29 is 9.21 Å². The average molecular weight is 378 g/mol. The highest BCUT2D eigenvalue weighted by atomic mass is 16.4. The Hall–Kier alpha value is -3.72. The summed E-state index contributed by atoms with van der Waals surface area (Å²) in [5, 5.41) is 0.894. The minimum atomic E-state index is -0.376. The topological polar surface area (TPSA) is 47.3 Å². The molecular formula is C26H18O3. The molecule has 3 heteroatoms. The van der Waals surface area contributed by atoms with Crippen LogP contribution in [-0.2, 0) is 6.42 Å². The fourth-order valence-corrected chi connectivity index (χ4v) is 4.16. The molecule has 0 aliphatic heterocycles. The van der Waals surface area contributed by atoms with Crippen LogP contribution in [0.15, 0.2) is 93.6 Å². The van der Waals surface area contributed by atoms with Crippen LogP contribution in [0.4, 0.5) is 0 Å². The lowest BCUT2D eigenvalue weighted by molar-refractivity contribution is 0.103. The first-order chi connectivity index (χ1) is 14.1. The smallest absolute Gasteiger partial charge is 0.336 e. The largest absolute Gasteiger partial charge is 0.422 e. The van der Waals surface area contributed by atoms with Gasteiger partial charge in [-0.1, -0.05) is 72.8 Å². The van der Waals surface area contributed by atoms with E-state index in [4.69, 9.17) is 4.42 Å². The van der Waals surface area contributed by atoms with Gasteiger partial charge in [0, 0.05) is 40.1 Å². The SMILES string of the molecule is Cc1cc(=O)oc2c3c(ccc12)CC(C(=O)c1ccccc1)=C3c1ccccc1. The third-order valence-corrected chi connectivity index (χ3v) is 5.50. The van der Waals surface area contributed by atoms with Gasteiger partial charge in [-0.15, -0.1) is 0 Å². The van der Waals surface area contributed by atoms with E-state index in [0.29, 0.717) is 17.6 Å². The number of ketones is 1. The van der Waals surface area contributed by atoms with Gasteiger partial charge in [0.1, 0.15) is 5.58 Å². The van der Waals surface area contributed by atoms with E-state index in [2.05, 4.69) is 0 Å². The molecule has 29 heavy (non-hydrogen) atoms. The molecule has 0 atom stereocenters. The average Bonchev–Trinajstić information content (AvgIpc) is 3.14. The first-order valence-electron chi connectivity index (χ1n) is 9.58. The minimum Gasteiger partial charge on any atom is -0.422 e. The lowest BCUT2D eigenvalue weighted by atomic mass is 9.93. The monoisotopic (exact) mass is 378 g/mol. The van der Waals surface area contributed by atoms with E-state index in [0.717, 1.165) is 38.8 Å². The van der Waals surface area contributed by atoms with E-state index < -0.39 is 0 Å². The third kappa shape index (κ3) is 2.83. The fraction of sp³-hybridized carbons (Fsp3) is 0.0769. The molecule has 3 aromatic carbocycles. The summed E-state index contributed by atoms with van der Waals surface area (Å²) >= 11 is 0. The van der Waals surface area contributed by atoms with E-state index in [-0.39, 0.29) is 11.4 Å². The van der Waals surface area contributed by atoms with Crippen molar-refractivity contribution in [3.63, 3.8) is 0 Å². The first-order valence-corrected chi connectivity index (χ1v) is 9.58. The molecule has 0 N–H and O–H groups in total. The Bertz CT molecular complexity index is 1340. The Labute approximate surface area is 167 Å². The van der Waals surface area contributed by atoms with Gasteiger partial charge in [0.15, 0.2) is 5.78 Å². The number of hydrogen-bond acceptors (Lipinski definition) is 3. The molecule has 5 rings (SSSR count). The van der Waals surface area contributed by atoms with Crippen molar-refractivity contribution in [3.8, 4) is 0 Å². The maximum absolute atomic E-state index is 13.4. The summed E-state index contributed by atoms with van der Waals surface area (Å²) < 4.78 is 5.67. The van der Waals surface area contributed by atoms with Crippen LogP contribution in [0.5, 0.6) is 0 Å². The van der Waals surface area contributed by atoms with Gasteiger partial charge in [-0.05, 0) is 23.6 Å². The zero-order valence-electron chi connectivity index (χ0n) is 15.9. The maximum atomic E-state index is 13.4. The standard InChI is InChI=1S/C26H18O3/c1-16-14-22(27)29-26-20(16)13-12-19-15-21(25(28)18-10-6-3-7-11-18)23(24(19)26)17-8-4-2-5-9-17/h2-14H,15H2,1H3. The van der Waals surface area contributed by atoms with E-state index in [9.17, 15) is 9.59 Å². The molecule has 140 valence electrons. The number of aryl methyl sites for hydroxylation is 1. The Morgan fingerprint density at radius 3 is 2.31 bits per heavy atom. The lowest BCUT2D eigenvalue weighted by Crippen LogP contribution is -2.05. The summed E-state index contributed by atoms with van der Waals surface area (Å²) in [5.41, 5.74) is 6.10. The van der Waals surface area contributed by atoms with E-state index >= 15 is 0 Å². The predicted octanol–water partition coefficient (Wildman–Crippen LogP) is 5.34. The van der Waals surface area contributed by atoms with Crippen LogP contribution < -0.4 is 5.63 Å². The van der Waals surface area contributed by atoms with E-state index in [1.807, 2.05) is 79.7 Å². The molecule has 0 spiro atoms. The van der Waals surface area contributed by atoms with Crippen molar-refractivity contribution in [3.05, 3.63) is 123 Å². The van der Waals surface area contributed by atoms with Crippen molar-refractivity contribution in [2.24, 2.45) is 0 Å². The molecule has 1 aromatic heterocycles. The van der Waals surface area contributed by atoms with Crippen molar-refractivity contribution in [2.45, 2.75) is 13.3 Å².